The summed E-state index contributed by atoms with van der Waals surface area (Å²) in [5.74, 6) is 5.53. The first kappa shape index (κ1) is 14.3. The van der Waals surface area contributed by atoms with Crippen LogP contribution in [0.3, 0.4) is 0 Å². The van der Waals surface area contributed by atoms with E-state index in [4.69, 9.17) is 5.73 Å². The van der Waals surface area contributed by atoms with Crippen molar-refractivity contribution in [1.29, 1.82) is 0 Å². The number of carbonyl (C=O) groups excluding carboxylic acids is 1. The SMILES string of the molecule is CC(NC(=O)c1sccc1C#CCN)c1ccccn1. The number of pyridine rings is 1. The third kappa shape index (κ3) is 3.44. The molecule has 2 aromatic heterocycles. The minimum absolute atomic E-state index is 0.139. The smallest absolute Gasteiger partial charge is 0.263 e. The first-order valence-electron chi connectivity index (χ1n) is 6.20. The van der Waals surface area contributed by atoms with Crippen LogP contribution in [-0.2, 0) is 0 Å². The van der Waals surface area contributed by atoms with Crippen molar-refractivity contribution < 1.29 is 4.79 Å². The molecule has 1 amide bonds. The van der Waals surface area contributed by atoms with Gasteiger partial charge in [0.05, 0.1) is 18.3 Å². The average Bonchev–Trinajstić information content (AvgIpc) is 2.94. The van der Waals surface area contributed by atoms with E-state index in [1.165, 1.54) is 11.3 Å². The lowest BCUT2D eigenvalue weighted by atomic mass is 10.2. The second-order valence-corrected chi connectivity index (χ2v) is 5.04. The third-order valence-corrected chi connectivity index (χ3v) is 3.59. The van der Waals surface area contributed by atoms with Crippen molar-refractivity contribution in [1.82, 2.24) is 10.3 Å². The van der Waals surface area contributed by atoms with Gasteiger partial charge in [0.15, 0.2) is 0 Å². The quantitative estimate of drug-likeness (QED) is 0.847. The molecule has 2 heterocycles. The van der Waals surface area contributed by atoms with Gasteiger partial charge in [-0.2, -0.15) is 0 Å². The van der Waals surface area contributed by atoms with Crippen LogP contribution in [0.2, 0.25) is 0 Å². The fourth-order valence-corrected chi connectivity index (χ4v) is 2.45. The first-order chi connectivity index (χ1) is 9.72. The van der Waals surface area contributed by atoms with Gasteiger partial charge >= 0.3 is 0 Å². The highest BCUT2D eigenvalue weighted by Crippen LogP contribution is 2.17. The van der Waals surface area contributed by atoms with Crippen LogP contribution in [0.5, 0.6) is 0 Å². The van der Waals surface area contributed by atoms with Crippen LogP contribution in [0.25, 0.3) is 0 Å². The van der Waals surface area contributed by atoms with Crippen LogP contribution < -0.4 is 11.1 Å². The number of nitrogens with zero attached hydrogens (tertiary/aromatic N) is 1. The Morgan fingerprint density at radius 3 is 3.05 bits per heavy atom. The van der Waals surface area contributed by atoms with Gasteiger partial charge in [0.1, 0.15) is 4.88 Å². The van der Waals surface area contributed by atoms with Gasteiger partial charge in [-0.25, -0.2) is 0 Å². The van der Waals surface area contributed by atoms with Crippen LogP contribution in [-0.4, -0.2) is 17.4 Å². The maximum atomic E-state index is 12.2. The highest BCUT2D eigenvalue weighted by Gasteiger charge is 2.15. The number of amides is 1. The summed E-state index contributed by atoms with van der Waals surface area (Å²) in [6.45, 7) is 2.18. The lowest BCUT2D eigenvalue weighted by molar-refractivity contribution is 0.0943. The molecule has 1 unspecified atom stereocenters. The molecule has 0 spiro atoms. The van der Waals surface area contributed by atoms with Gasteiger partial charge in [-0.1, -0.05) is 17.9 Å². The summed E-state index contributed by atoms with van der Waals surface area (Å²) in [6.07, 6.45) is 1.71. The number of hydrogen-bond donors (Lipinski definition) is 2. The van der Waals surface area contributed by atoms with E-state index in [1.807, 2.05) is 36.6 Å². The number of rotatable bonds is 3. The monoisotopic (exact) mass is 285 g/mol. The predicted molar refractivity (Wildman–Crippen MR) is 80.4 cm³/mol. The minimum Gasteiger partial charge on any atom is -0.343 e. The molecular formula is C15H15N3OS. The van der Waals surface area contributed by atoms with Gasteiger partial charge < -0.3 is 11.1 Å². The zero-order valence-electron chi connectivity index (χ0n) is 11.1. The average molecular weight is 285 g/mol. The summed E-state index contributed by atoms with van der Waals surface area (Å²) >= 11 is 1.37. The van der Waals surface area contributed by atoms with E-state index in [0.29, 0.717) is 10.4 Å². The van der Waals surface area contributed by atoms with Gasteiger partial charge in [0, 0.05) is 11.8 Å². The molecule has 0 bridgehead atoms. The van der Waals surface area contributed by atoms with E-state index in [2.05, 4.69) is 22.1 Å². The van der Waals surface area contributed by atoms with Crippen LogP contribution in [0.4, 0.5) is 0 Å². The second-order valence-electron chi connectivity index (χ2n) is 4.12. The van der Waals surface area contributed by atoms with E-state index >= 15 is 0 Å². The Morgan fingerprint density at radius 1 is 1.50 bits per heavy atom. The van der Waals surface area contributed by atoms with Crippen molar-refractivity contribution in [2.45, 2.75) is 13.0 Å². The molecule has 5 heteroatoms. The zero-order valence-corrected chi connectivity index (χ0v) is 11.9. The molecule has 0 saturated heterocycles. The molecule has 2 rings (SSSR count). The predicted octanol–water partition coefficient (Wildman–Crippen LogP) is 1.94. The minimum atomic E-state index is -0.152. The van der Waals surface area contributed by atoms with Crippen molar-refractivity contribution in [2.24, 2.45) is 5.73 Å². The van der Waals surface area contributed by atoms with Crippen molar-refractivity contribution in [2.75, 3.05) is 6.54 Å². The summed E-state index contributed by atoms with van der Waals surface area (Å²) in [4.78, 5) is 17.1. The number of nitrogens with one attached hydrogen (secondary N) is 1. The molecule has 3 N–H and O–H groups in total. The number of nitrogens with two attached hydrogens (primary N) is 1. The summed E-state index contributed by atoms with van der Waals surface area (Å²) in [5, 5.41) is 4.77. The van der Waals surface area contributed by atoms with Crippen molar-refractivity contribution in [3.05, 3.63) is 52.0 Å². The van der Waals surface area contributed by atoms with Crippen molar-refractivity contribution >= 4 is 17.2 Å². The first-order valence-corrected chi connectivity index (χ1v) is 7.08. The molecular weight excluding hydrogens is 270 g/mol. The Labute approximate surface area is 122 Å². The summed E-state index contributed by atoms with van der Waals surface area (Å²) in [5.41, 5.74) is 6.89. The zero-order chi connectivity index (χ0) is 14.4. The molecule has 0 saturated carbocycles. The van der Waals surface area contributed by atoms with Crippen molar-refractivity contribution in [3.8, 4) is 11.8 Å². The molecule has 2 aromatic rings. The van der Waals surface area contributed by atoms with E-state index in [0.717, 1.165) is 5.69 Å². The highest BCUT2D eigenvalue weighted by atomic mass is 32.1. The van der Waals surface area contributed by atoms with Gasteiger partial charge in [0.25, 0.3) is 5.91 Å². The normalized spacial score (nSPS) is 11.3. The van der Waals surface area contributed by atoms with Crippen LogP contribution in [0.15, 0.2) is 35.8 Å². The van der Waals surface area contributed by atoms with E-state index < -0.39 is 0 Å². The molecule has 0 fully saturated rings. The molecule has 0 aromatic carbocycles. The standard InChI is InChI=1S/C15H15N3OS/c1-11(13-6-2-3-9-17-13)18-15(19)14-12(5-4-8-16)7-10-20-14/h2-3,6-7,9-11H,8,16H2,1H3,(H,18,19). The second kappa shape index (κ2) is 6.85. The fraction of sp³-hybridized carbons (Fsp3) is 0.200. The molecule has 0 aliphatic heterocycles. The number of carbonyl (C=O) groups is 1. The Morgan fingerprint density at radius 2 is 2.35 bits per heavy atom. The summed E-state index contributed by atoms with van der Waals surface area (Å²) in [6, 6.07) is 7.30. The number of aromatic nitrogens is 1. The van der Waals surface area contributed by atoms with Crippen LogP contribution in [0, 0.1) is 11.8 Å². The molecule has 1 atom stereocenters. The fourth-order valence-electron chi connectivity index (χ4n) is 1.70. The molecule has 4 nitrogen and oxygen atoms in total. The summed E-state index contributed by atoms with van der Waals surface area (Å²) < 4.78 is 0. The van der Waals surface area contributed by atoms with Crippen molar-refractivity contribution in [3.63, 3.8) is 0 Å². The molecule has 20 heavy (non-hydrogen) atoms. The molecule has 102 valence electrons. The van der Waals surface area contributed by atoms with Crippen LogP contribution in [0.1, 0.15) is 33.9 Å². The van der Waals surface area contributed by atoms with E-state index in [-0.39, 0.29) is 18.5 Å². The van der Waals surface area contributed by atoms with E-state index in [1.54, 1.807) is 6.20 Å². The Kier molecular flexibility index (Phi) is 4.88. The Hall–Kier alpha value is -2.16. The van der Waals surface area contributed by atoms with Gasteiger partial charge in [-0.15, -0.1) is 11.3 Å². The Balaban J connectivity index is 2.11. The number of thiophene rings is 1. The topological polar surface area (TPSA) is 68.0 Å². The van der Waals surface area contributed by atoms with Gasteiger partial charge in [-0.05, 0) is 30.5 Å². The van der Waals surface area contributed by atoms with Gasteiger partial charge in [-0.3, -0.25) is 9.78 Å². The largest absolute Gasteiger partial charge is 0.343 e. The van der Waals surface area contributed by atoms with Crippen LogP contribution >= 0.6 is 11.3 Å². The molecule has 0 radical (unpaired) electrons. The maximum Gasteiger partial charge on any atom is 0.263 e. The maximum absolute atomic E-state index is 12.2. The lowest BCUT2D eigenvalue weighted by Crippen LogP contribution is -2.27. The molecule has 0 aliphatic rings. The molecule has 0 aliphatic carbocycles. The third-order valence-electron chi connectivity index (χ3n) is 2.68. The summed E-state index contributed by atoms with van der Waals surface area (Å²) in [7, 11) is 0. The lowest BCUT2D eigenvalue weighted by Gasteiger charge is -2.12. The van der Waals surface area contributed by atoms with Gasteiger partial charge in [0.2, 0.25) is 0 Å². The Bertz CT molecular complexity index is 640. The highest BCUT2D eigenvalue weighted by molar-refractivity contribution is 7.12. The number of hydrogen-bond acceptors (Lipinski definition) is 4. The van der Waals surface area contributed by atoms with E-state index in [9.17, 15) is 4.79 Å².